The van der Waals surface area contributed by atoms with Crippen LogP contribution in [0.25, 0.3) is 10.8 Å². The first-order valence-corrected chi connectivity index (χ1v) is 5.28. The van der Waals surface area contributed by atoms with Crippen molar-refractivity contribution in [2.75, 3.05) is 0 Å². The van der Waals surface area contributed by atoms with Crippen LogP contribution in [0.3, 0.4) is 0 Å². The lowest BCUT2D eigenvalue weighted by atomic mass is 10.2. The van der Waals surface area contributed by atoms with Crippen LogP contribution in [0, 0.1) is 0 Å². The molecule has 4 nitrogen and oxygen atoms in total. The zero-order chi connectivity index (χ0) is 11.5. The van der Waals surface area contributed by atoms with Crippen molar-refractivity contribution in [2.45, 2.75) is 6.61 Å². The molecule has 0 radical (unpaired) electrons. The van der Waals surface area contributed by atoms with Crippen molar-refractivity contribution in [3.63, 3.8) is 0 Å². The van der Waals surface area contributed by atoms with Gasteiger partial charge in [0.05, 0.1) is 5.39 Å². The van der Waals surface area contributed by atoms with Gasteiger partial charge < -0.3 is 9.15 Å². The summed E-state index contributed by atoms with van der Waals surface area (Å²) in [5, 5.41) is 1.99. The van der Waals surface area contributed by atoms with E-state index in [9.17, 15) is 0 Å². The van der Waals surface area contributed by atoms with Gasteiger partial charge in [0.2, 0.25) is 0 Å². The van der Waals surface area contributed by atoms with Crippen molar-refractivity contribution in [3.05, 3.63) is 54.8 Å². The van der Waals surface area contributed by atoms with E-state index in [-0.39, 0.29) is 0 Å². The van der Waals surface area contributed by atoms with Gasteiger partial charge in [-0.25, -0.2) is 9.97 Å². The van der Waals surface area contributed by atoms with Gasteiger partial charge in [0.15, 0.2) is 12.4 Å². The Labute approximate surface area is 97.9 Å². The van der Waals surface area contributed by atoms with Crippen molar-refractivity contribution in [1.29, 1.82) is 0 Å². The molecule has 0 fully saturated rings. The average molecular weight is 226 g/mol. The molecular formula is C13H10N2O2. The second-order valence-electron chi connectivity index (χ2n) is 3.56. The summed E-state index contributed by atoms with van der Waals surface area (Å²) in [4.78, 5) is 8.16. The van der Waals surface area contributed by atoms with Crippen LogP contribution in [-0.4, -0.2) is 9.97 Å². The average Bonchev–Trinajstić information content (AvgIpc) is 2.81. The normalized spacial score (nSPS) is 10.6. The number of fused-ring (bicyclic) bond motifs is 1. The Morgan fingerprint density at radius 2 is 1.88 bits per heavy atom. The third-order valence-electron chi connectivity index (χ3n) is 2.43. The van der Waals surface area contributed by atoms with Gasteiger partial charge in [-0.15, -0.1) is 0 Å². The van der Waals surface area contributed by atoms with E-state index in [4.69, 9.17) is 9.15 Å². The Bertz CT molecular complexity index is 619. The quantitative estimate of drug-likeness (QED) is 0.689. The highest BCUT2D eigenvalue weighted by Gasteiger charge is 2.07. The molecular weight excluding hydrogens is 216 g/mol. The molecule has 2 aromatic heterocycles. The van der Waals surface area contributed by atoms with E-state index in [1.807, 2.05) is 24.3 Å². The second-order valence-corrected chi connectivity index (χ2v) is 3.56. The van der Waals surface area contributed by atoms with E-state index >= 15 is 0 Å². The summed E-state index contributed by atoms with van der Waals surface area (Å²) in [6, 6.07) is 9.61. The lowest BCUT2D eigenvalue weighted by Gasteiger charge is -2.01. The van der Waals surface area contributed by atoms with Crippen LogP contribution in [0.15, 0.2) is 53.4 Å². The van der Waals surface area contributed by atoms with E-state index in [0.717, 1.165) is 10.8 Å². The number of rotatable bonds is 3. The monoisotopic (exact) mass is 226 g/mol. The van der Waals surface area contributed by atoms with Gasteiger partial charge in [-0.05, 0) is 12.1 Å². The van der Waals surface area contributed by atoms with Crippen molar-refractivity contribution < 1.29 is 9.15 Å². The maximum absolute atomic E-state index is 5.55. The van der Waals surface area contributed by atoms with E-state index in [1.165, 1.54) is 0 Å². The van der Waals surface area contributed by atoms with Crippen LogP contribution in [-0.2, 0) is 6.61 Å². The zero-order valence-electron chi connectivity index (χ0n) is 9.04. The van der Waals surface area contributed by atoms with Crippen molar-refractivity contribution >= 4 is 10.8 Å². The van der Waals surface area contributed by atoms with Crippen LogP contribution < -0.4 is 4.74 Å². The molecule has 0 saturated heterocycles. The third kappa shape index (κ3) is 1.97. The first-order valence-electron chi connectivity index (χ1n) is 5.28. The Morgan fingerprint density at radius 1 is 1.06 bits per heavy atom. The van der Waals surface area contributed by atoms with Gasteiger partial charge in [-0.2, -0.15) is 0 Å². The molecule has 3 rings (SSSR count). The molecule has 0 unspecified atom stereocenters. The molecule has 0 aliphatic rings. The molecule has 0 aliphatic heterocycles. The first-order chi connectivity index (χ1) is 8.43. The van der Waals surface area contributed by atoms with E-state index < -0.39 is 0 Å². The van der Waals surface area contributed by atoms with Gasteiger partial charge in [-0.3, -0.25) is 0 Å². The van der Waals surface area contributed by atoms with E-state index in [0.29, 0.717) is 18.4 Å². The molecule has 0 bridgehead atoms. The van der Waals surface area contributed by atoms with Gasteiger partial charge >= 0.3 is 0 Å². The molecule has 0 amide bonds. The molecule has 17 heavy (non-hydrogen) atoms. The standard InChI is InChI=1S/C13H10N2O2/c1-2-5-11-10(4-1)8-16-13(11)17-9-12-14-6-3-7-15-12/h1-8H,9H2. The summed E-state index contributed by atoms with van der Waals surface area (Å²) in [6.07, 6.45) is 5.05. The zero-order valence-corrected chi connectivity index (χ0v) is 9.04. The van der Waals surface area contributed by atoms with E-state index in [2.05, 4.69) is 9.97 Å². The lowest BCUT2D eigenvalue weighted by Crippen LogP contribution is -1.99. The number of furan rings is 1. The number of aromatic nitrogens is 2. The summed E-state index contributed by atoms with van der Waals surface area (Å²) >= 11 is 0. The largest absolute Gasteiger partial charge is 0.456 e. The van der Waals surface area contributed by atoms with Gasteiger partial charge in [-0.1, -0.05) is 18.2 Å². The first kappa shape index (κ1) is 9.84. The Morgan fingerprint density at radius 3 is 2.76 bits per heavy atom. The maximum Gasteiger partial charge on any atom is 0.292 e. The summed E-state index contributed by atoms with van der Waals surface area (Å²) in [5.41, 5.74) is 0. The number of ether oxygens (including phenoxy) is 1. The molecule has 0 spiro atoms. The Balaban J connectivity index is 1.82. The molecule has 4 heteroatoms. The molecule has 0 saturated carbocycles. The van der Waals surface area contributed by atoms with Crippen molar-refractivity contribution in [3.8, 4) is 5.95 Å². The minimum atomic E-state index is 0.304. The second kappa shape index (κ2) is 4.25. The van der Waals surface area contributed by atoms with Crippen LogP contribution in [0.2, 0.25) is 0 Å². The Hall–Kier alpha value is -2.36. The molecule has 0 N–H and O–H groups in total. The maximum atomic E-state index is 5.55. The number of benzene rings is 1. The predicted molar refractivity (Wildman–Crippen MR) is 62.6 cm³/mol. The minimum absolute atomic E-state index is 0.304. The predicted octanol–water partition coefficient (Wildman–Crippen LogP) is 2.80. The fourth-order valence-electron chi connectivity index (χ4n) is 1.61. The van der Waals surface area contributed by atoms with Gasteiger partial charge in [0.25, 0.3) is 5.95 Å². The fourth-order valence-corrected chi connectivity index (χ4v) is 1.61. The summed E-state index contributed by atoms with van der Waals surface area (Å²) in [5.74, 6) is 1.14. The number of hydrogen-bond acceptors (Lipinski definition) is 4. The SMILES string of the molecule is c1cnc(COc2occ3ccccc23)nc1. The number of nitrogens with zero attached hydrogens (tertiary/aromatic N) is 2. The van der Waals surface area contributed by atoms with Crippen molar-refractivity contribution in [2.24, 2.45) is 0 Å². The summed E-state index contributed by atoms with van der Waals surface area (Å²) in [6.45, 7) is 0.304. The minimum Gasteiger partial charge on any atom is -0.456 e. The summed E-state index contributed by atoms with van der Waals surface area (Å²) < 4.78 is 10.9. The third-order valence-corrected chi connectivity index (χ3v) is 2.43. The van der Waals surface area contributed by atoms with Crippen molar-refractivity contribution in [1.82, 2.24) is 9.97 Å². The van der Waals surface area contributed by atoms with Crippen LogP contribution >= 0.6 is 0 Å². The highest BCUT2D eigenvalue weighted by atomic mass is 16.6. The van der Waals surface area contributed by atoms with Crippen LogP contribution in [0.1, 0.15) is 5.82 Å². The molecule has 1 aromatic carbocycles. The number of hydrogen-bond donors (Lipinski definition) is 0. The van der Waals surface area contributed by atoms with Crippen LogP contribution in [0.5, 0.6) is 5.95 Å². The molecule has 84 valence electrons. The Kier molecular flexibility index (Phi) is 2.46. The molecule has 2 heterocycles. The topological polar surface area (TPSA) is 48.2 Å². The summed E-state index contributed by atoms with van der Waals surface area (Å²) in [7, 11) is 0. The van der Waals surface area contributed by atoms with Gasteiger partial charge in [0, 0.05) is 17.8 Å². The molecule has 3 aromatic rings. The highest BCUT2D eigenvalue weighted by Crippen LogP contribution is 2.27. The van der Waals surface area contributed by atoms with E-state index in [1.54, 1.807) is 24.7 Å². The molecule has 0 atom stereocenters. The van der Waals surface area contributed by atoms with Gasteiger partial charge in [0.1, 0.15) is 6.26 Å². The smallest absolute Gasteiger partial charge is 0.292 e. The van der Waals surface area contributed by atoms with Crippen LogP contribution in [0.4, 0.5) is 0 Å². The molecule has 0 aliphatic carbocycles. The fraction of sp³-hybridized carbons (Fsp3) is 0.0769. The highest BCUT2D eigenvalue weighted by molar-refractivity contribution is 5.86. The lowest BCUT2D eigenvalue weighted by molar-refractivity contribution is 0.229.